The molecular weight excluding hydrogens is 478 g/mol. The fraction of sp³-hybridized carbons (Fsp3) is 0.333. The summed E-state index contributed by atoms with van der Waals surface area (Å²) in [6.07, 6.45) is -1.96. The molecule has 2 saturated heterocycles. The Morgan fingerprint density at radius 3 is 2.39 bits per heavy atom. The number of hydrogen-bond acceptors (Lipinski definition) is 7. The first-order valence-corrected chi connectivity index (χ1v) is 12.6. The maximum atomic E-state index is 9.45. The van der Waals surface area contributed by atoms with Crippen molar-refractivity contribution in [3.63, 3.8) is 0 Å². The van der Waals surface area contributed by atoms with E-state index in [4.69, 9.17) is 23.7 Å². The van der Waals surface area contributed by atoms with Crippen LogP contribution in [-0.2, 0) is 25.6 Å². The SMILES string of the molecule is COc1ccc(CO[C@@H]2C(N=[N+]=[N-])[C@H](Sc3ccccc3)OC3COC(c4ccccc4)O[C@@H]32)cc1. The van der Waals surface area contributed by atoms with Gasteiger partial charge in [0.15, 0.2) is 6.29 Å². The molecule has 0 aliphatic carbocycles. The molecule has 0 N–H and O–H groups in total. The molecule has 2 aliphatic rings. The summed E-state index contributed by atoms with van der Waals surface area (Å²) in [6.45, 7) is 0.653. The van der Waals surface area contributed by atoms with Gasteiger partial charge in [-0.1, -0.05) is 77.5 Å². The lowest BCUT2D eigenvalue weighted by molar-refractivity contribution is -0.311. The van der Waals surface area contributed by atoms with Gasteiger partial charge in [0.25, 0.3) is 0 Å². The quantitative estimate of drug-likeness (QED) is 0.215. The minimum atomic E-state index is -0.616. The summed E-state index contributed by atoms with van der Waals surface area (Å²) in [4.78, 5) is 4.15. The molecule has 0 radical (unpaired) electrons. The average molecular weight is 506 g/mol. The number of ether oxygens (including phenoxy) is 5. The molecule has 0 spiro atoms. The van der Waals surface area contributed by atoms with Crippen molar-refractivity contribution in [3.8, 4) is 5.75 Å². The van der Waals surface area contributed by atoms with Gasteiger partial charge >= 0.3 is 0 Å². The van der Waals surface area contributed by atoms with Crippen molar-refractivity contribution in [2.75, 3.05) is 13.7 Å². The minimum Gasteiger partial charge on any atom is -0.497 e. The highest BCUT2D eigenvalue weighted by Gasteiger charge is 2.50. The second-order valence-electron chi connectivity index (χ2n) is 8.47. The van der Waals surface area contributed by atoms with Crippen molar-refractivity contribution in [2.24, 2.45) is 5.11 Å². The van der Waals surface area contributed by atoms with E-state index in [2.05, 4.69) is 10.0 Å². The molecule has 2 aliphatic heterocycles. The average Bonchev–Trinajstić information content (AvgIpc) is 2.94. The first-order valence-electron chi connectivity index (χ1n) is 11.7. The number of methoxy groups -OCH3 is 1. The van der Waals surface area contributed by atoms with Crippen LogP contribution in [0.25, 0.3) is 10.4 Å². The molecule has 3 unspecified atom stereocenters. The lowest BCUT2D eigenvalue weighted by atomic mass is 9.97. The Hall–Kier alpha value is -3.04. The molecule has 36 heavy (non-hydrogen) atoms. The van der Waals surface area contributed by atoms with E-state index in [-0.39, 0.29) is 6.10 Å². The minimum absolute atomic E-state index is 0.318. The summed E-state index contributed by atoms with van der Waals surface area (Å²) in [5.41, 5.74) is 10.9. The summed E-state index contributed by atoms with van der Waals surface area (Å²) in [5.74, 6) is 0.773. The fourth-order valence-corrected chi connectivity index (χ4v) is 5.49. The van der Waals surface area contributed by atoms with Gasteiger partial charge in [-0.25, -0.2) is 0 Å². The maximum absolute atomic E-state index is 9.45. The van der Waals surface area contributed by atoms with Crippen molar-refractivity contribution in [1.29, 1.82) is 0 Å². The van der Waals surface area contributed by atoms with Crippen LogP contribution in [-0.4, -0.2) is 43.5 Å². The lowest BCUT2D eigenvalue weighted by Crippen LogP contribution is -2.61. The van der Waals surface area contributed by atoms with Gasteiger partial charge in [0.2, 0.25) is 0 Å². The summed E-state index contributed by atoms with van der Waals surface area (Å²) in [7, 11) is 1.63. The predicted octanol–water partition coefficient (Wildman–Crippen LogP) is 5.89. The van der Waals surface area contributed by atoms with Crippen LogP contribution < -0.4 is 4.74 Å². The van der Waals surface area contributed by atoms with E-state index < -0.39 is 30.0 Å². The molecule has 0 saturated carbocycles. The first kappa shape index (κ1) is 24.6. The zero-order valence-electron chi connectivity index (χ0n) is 19.8. The van der Waals surface area contributed by atoms with Gasteiger partial charge in [-0.2, -0.15) is 0 Å². The highest BCUT2D eigenvalue weighted by atomic mass is 32.2. The molecule has 0 bridgehead atoms. The van der Waals surface area contributed by atoms with Crippen molar-refractivity contribution in [1.82, 2.24) is 0 Å². The summed E-state index contributed by atoms with van der Waals surface area (Å²) < 4.78 is 30.6. The van der Waals surface area contributed by atoms with E-state index in [1.165, 1.54) is 11.8 Å². The van der Waals surface area contributed by atoms with E-state index >= 15 is 0 Å². The molecule has 5 rings (SSSR count). The normalized spacial score (nSPS) is 27.5. The molecule has 0 amide bonds. The standard InChI is InChI=1S/C27H27N3O5S/c1-31-20-14-12-18(13-15-20)16-32-25-23(29-30-28)27(36-21-10-6-3-7-11-21)34-22-17-33-26(35-24(22)25)19-8-4-2-5-9-19/h2-15,22-27H,16-17H2,1H3/t22?,23?,24-,25+,26?,27-/m0/s1. The van der Waals surface area contributed by atoms with Crippen LogP contribution in [0.4, 0.5) is 0 Å². The number of nitrogens with zero attached hydrogens (tertiary/aromatic N) is 3. The third-order valence-corrected chi connectivity index (χ3v) is 7.33. The van der Waals surface area contributed by atoms with Crippen LogP contribution in [0.2, 0.25) is 0 Å². The molecule has 2 fully saturated rings. The van der Waals surface area contributed by atoms with Gasteiger partial charge in [-0.15, -0.1) is 0 Å². The Morgan fingerprint density at radius 1 is 0.972 bits per heavy atom. The number of fused-ring (bicyclic) bond motifs is 1. The number of thioether (sulfide) groups is 1. The summed E-state index contributed by atoms with van der Waals surface area (Å²) in [5, 5.41) is 4.14. The smallest absolute Gasteiger partial charge is 0.184 e. The van der Waals surface area contributed by atoms with E-state index in [1.54, 1.807) is 7.11 Å². The highest BCUT2D eigenvalue weighted by molar-refractivity contribution is 7.99. The molecule has 3 aromatic rings. The Bertz CT molecular complexity index is 1160. The van der Waals surface area contributed by atoms with Crippen molar-refractivity contribution < 1.29 is 23.7 Å². The Morgan fingerprint density at radius 2 is 1.69 bits per heavy atom. The number of benzene rings is 3. The van der Waals surface area contributed by atoms with Crippen LogP contribution in [0.15, 0.2) is 94.9 Å². The maximum Gasteiger partial charge on any atom is 0.184 e. The van der Waals surface area contributed by atoms with Gasteiger partial charge < -0.3 is 23.7 Å². The first-order chi connectivity index (χ1) is 17.7. The molecular formula is C27H27N3O5S. The molecule has 8 nitrogen and oxygen atoms in total. The van der Waals surface area contributed by atoms with Gasteiger partial charge in [0.1, 0.15) is 29.4 Å². The summed E-state index contributed by atoms with van der Waals surface area (Å²) >= 11 is 1.50. The molecule has 186 valence electrons. The Balaban J connectivity index is 1.41. The third kappa shape index (κ3) is 5.68. The van der Waals surface area contributed by atoms with Gasteiger partial charge in [-0.05, 0) is 35.4 Å². The largest absolute Gasteiger partial charge is 0.497 e. The summed E-state index contributed by atoms with van der Waals surface area (Å²) in [6, 6.07) is 26.7. The van der Waals surface area contributed by atoms with Crippen molar-refractivity contribution in [2.45, 2.75) is 47.6 Å². The number of hydrogen-bond donors (Lipinski definition) is 0. The second-order valence-corrected chi connectivity index (χ2v) is 9.64. The van der Waals surface area contributed by atoms with Gasteiger partial charge in [0, 0.05) is 15.4 Å². The van der Waals surface area contributed by atoms with E-state index in [9.17, 15) is 5.53 Å². The fourth-order valence-electron chi connectivity index (χ4n) is 4.36. The van der Waals surface area contributed by atoms with Gasteiger partial charge in [0.05, 0.1) is 26.4 Å². The topological polar surface area (TPSA) is 94.9 Å². The van der Waals surface area contributed by atoms with E-state index in [1.807, 2.05) is 84.9 Å². The number of azide groups is 1. The predicted molar refractivity (Wildman–Crippen MR) is 135 cm³/mol. The Kier molecular flexibility index (Phi) is 8.08. The van der Waals surface area contributed by atoms with E-state index in [0.717, 1.165) is 21.8 Å². The van der Waals surface area contributed by atoms with Crippen molar-refractivity contribution in [3.05, 3.63) is 106 Å². The molecule has 3 aromatic carbocycles. The monoisotopic (exact) mass is 505 g/mol. The van der Waals surface area contributed by atoms with Gasteiger partial charge in [-0.3, -0.25) is 0 Å². The Labute approximate surface area is 214 Å². The zero-order valence-corrected chi connectivity index (χ0v) is 20.6. The lowest BCUT2D eigenvalue weighted by Gasteiger charge is -2.48. The second kappa shape index (κ2) is 11.8. The van der Waals surface area contributed by atoms with Crippen LogP contribution in [0.1, 0.15) is 17.4 Å². The molecule has 6 atom stereocenters. The van der Waals surface area contributed by atoms with Crippen LogP contribution in [0, 0.1) is 0 Å². The number of rotatable bonds is 8. The van der Waals surface area contributed by atoms with E-state index in [0.29, 0.717) is 13.2 Å². The molecule has 2 heterocycles. The molecule has 0 aromatic heterocycles. The highest BCUT2D eigenvalue weighted by Crippen LogP contribution is 2.41. The van der Waals surface area contributed by atoms with Crippen LogP contribution >= 0.6 is 11.8 Å². The molecule has 9 heteroatoms. The van der Waals surface area contributed by atoms with Crippen LogP contribution in [0.3, 0.4) is 0 Å². The zero-order chi connectivity index (χ0) is 24.7. The van der Waals surface area contributed by atoms with Crippen molar-refractivity contribution >= 4 is 11.8 Å². The third-order valence-electron chi connectivity index (χ3n) is 6.16. The van der Waals surface area contributed by atoms with Crippen LogP contribution in [0.5, 0.6) is 5.75 Å².